The summed E-state index contributed by atoms with van der Waals surface area (Å²) in [5.41, 5.74) is 7.68. The lowest BCUT2D eigenvalue weighted by Crippen LogP contribution is -2.36. The second-order valence-corrected chi connectivity index (χ2v) is 8.10. The topological polar surface area (TPSA) is 96.2 Å². The lowest BCUT2D eigenvalue weighted by atomic mass is 10.0. The molecule has 25 heavy (non-hydrogen) atoms. The van der Waals surface area contributed by atoms with Crippen molar-refractivity contribution in [3.63, 3.8) is 0 Å². The fraction of sp³-hybridized carbons (Fsp3) is 0.556. The number of urea groups is 1. The zero-order chi connectivity index (χ0) is 17.8. The quantitative estimate of drug-likeness (QED) is 0.442. The van der Waals surface area contributed by atoms with E-state index in [1.807, 2.05) is 43.0 Å². The highest BCUT2D eigenvalue weighted by molar-refractivity contribution is 8.00. The van der Waals surface area contributed by atoms with Crippen LogP contribution in [0, 0.1) is 0 Å². The number of nitrogens with two attached hydrogens (primary N) is 1. The number of thioether (sulfide) groups is 1. The highest BCUT2D eigenvalue weighted by Gasteiger charge is 2.42. The molecule has 5 N–H and O–H groups in total. The number of hydrogen-bond donors (Lipinski definition) is 4. The van der Waals surface area contributed by atoms with Crippen molar-refractivity contribution in [3.8, 4) is 0 Å². The fourth-order valence-corrected chi connectivity index (χ4v) is 4.91. The summed E-state index contributed by atoms with van der Waals surface area (Å²) in [6.45, 7) is 1.94. The number of fused-ring (bicyclic) bond motifs is 1. The molecule has 2 saturated heterocycles. The van der Waals surface area contributed by atoms with E-state index in [0.29, 0.717) is 11.7 Å². The van der Waals surface area contributed by atoms with Crippen molar-refractivity contribution in [2.45, 2.75) is 56.0 Å². The van der Waals surface area contributed by atoms with Crippen LogP contribution in [-0.4, -0.2) is 35.0 Å². The van der Waals surface area contributed by atoms with Crippen LogP contribution in [0.15, 0.2) is 24.3 Å². The molecule has 0 spiro atoms. The smallest absolute Gasteiger partial charge is 0.315 e. The van der Waals surface area contributed by atoms with Gasteiger partial charge in [0.1, 0.15) is 0 Å². The summed E-state index contributed by atoms with van der Waals surface area (Å²) < 4.78 is 0. The van der Waals surface area contributed by atoms with Gasteiger partial charge >= 0.3 is 6.03 Å². The molecule has 3 amide bonds. The molecule has 3 rings (SSSR count). The number of nitrogens with one attached hydrogen (secondary N) is 3. The second kappa shape index (κ2) is 8.10. The summed E-state index contributed by atoms with van der Waals surface area (Å²) in [6.07, 6.45) is 3.41. The van der Waals surface area contributed by atoms with Gasteiger partial charge in [0.05, 0.1) is 12.1 Å². The van der Waals surface area contributed by atoms with E-state index in [2.05, 4.69) is 16.0 Å². The molecule has 1 aromatic rings. The van der Waals surface area contributed by atoms with E-state index in [4.69, 9.17) is 5.73 Å². The maximum atomic E-state index is 12.0. The summed E-state index contributed by atoms with van der Waals surface area (Å²) in [5.74, 6) is 1.02. The summed E-state index contributed by atoms with van der Waals surface area (Å²) in [7, 11) is 0. The lowest BCUT2D eigenvalue weighted by molar-refractivity contribution is -0.116. The standard InChI is InChI=1S/C18H26N4O2S/c1-11(19)12-6-8-13(9-7-12)20-16(23)5-3-2-4-15-17-14(10-25-15)21-18(24)22-17/h6-9,11,14-15,17H,2-5,10,19H2,1H3,(H,20,23)(H2,21,22,24)/t11?,14-,15-,17-/m0/s1. The molecule has 1 aromatic carbocycles. The van der Waals surface area contributed by atoms with Gasteiger partial charge in [0.15, 0.2) is 0 Å². The number of carbonyl (C=O) groups excluding carboxylic acids is 2. The largest absolute Gasteiger partial charge is 0.332 e. The Morgan fingerprint density at radius 1 is 1.32 bits per heavy atom. The minimum absolute atomic E-state index is 0.00217. The van der Waals surface area contributed by atoms with Crippen molar-refractivity contribution >= 4 is 29.4 Å². The third-order valence-corrected chi connectivity index (χ3v) is 6.31. The van der Waals surface area contributed by atoms with Crippen LogP contribution in [0.5, 0.6) is 0 Å². The molecule has 0 aromatic heterocycles. The number of rotatable bonds is 7. The van der Waals surface area contributed by atoms with Gasteiger partial charge in [-0.2, -0.15) is 11.8 Å². The van der Waals surface area contributed by atoms with E-state index in [0.717, 1.165) is 36.3 Å². The Balaban J connectivity index is 1.35. The van der Waals surface area contributed by atoms with Gasteiger partial charge in [-0.25, -0.2) is 4.79 Å². The number of carbonyl (C=O) groups is 2. The van der Waals surface area contributed by atoms with Crippen molar-refractivity contribution in [3.05, 3.63) is 29.8 Å². The third kappa shape index (κ3) is 4.67. The SMILES string of the molecule is CC(N)c1ccc(NC(=O)CCCC[C@@H]2SC[C@@H]3NC(=O)N[C@@H]32)cc1. The molecular formula is C18H26N4O2S. The molecule has 0 bridgehead atoms. The zero-order valence-electron chi connectivity index (χ0n) is 14.5. The summed E-state index contributed by atoms with van der Waals surface area (Å²) in [4.78, 5) is 23.4. The first kappa shape index (κ1) is 18.1. The monoisotopic (exact) mass is 362 g/mol. The Hall–Kier alpha value is -1.73. The first-order valence-electron chi connectivity index (χ1n) is 8.87. The van der Waals surface area contributed by atoms with Gasteiger partial charge in [-0.15, -0.1) is 0 Å². The highest BCUT2D eigenvalue weighted by atomic mass is 32.2. The summed E-state index contributed by atoms with van der Waals surface area (Å²) >= 11 is 1.91. The minimum Gasteiger partial charge on any atom is -0.332 e. The van der Waals surface area contributed by atoms with Crippen molar-refractivity contribution in [1.82, 2.24) is 10.6 Å². The molecule has 136 valence electrons. The van der Waals surface area contributed by atoms with Gasteiger partial charge < -0.3 is 21.7 Å². The molecule has 0 radical (unpaired) electrons. The summed E-state index contributed by atoms with van der Waals surface area (Å²) in [6, 6.07) is 8.13. The van der Waals surface area contributed by atoms with Crippen LogP contribution in [0.2, 0.25) is 0 Å². The van der Waals surface area contributed by atoms with Gasteiger partial charge in [-0.1, -0.05) is 18.6 Å². The van der Waals surface area contributed by atoms with E-state index in [9.17, 15) is 9.59 Å². The van der Waals surface area contributed by atoms with Crippen LogP contribution in [0.1, 0.15) is 44.2 Å². The first-order valence-corrected chi connectivity index (χ1v) is 9.92. The molecule has 6 nitrogen and oxygen atoms in total. The van der Waals surface area contributed by atoms with Crippen LogP contribution in [0.4, 0.5) is 10.5 Å². The second-order valence-electron chi connectivity index (χ2n) is 6.83. The molecule has 4 atom stereocenters. The van der Waals surface area contributed by atoms with E-state index in [1.54, 1.807) is 0 Å². The number of hydrogen-bond acceptors (Lipinski definition) is 4. The normalized spacial score (nSPS) is 25.8. The van der Waals surface area contributed by atoms with Crippen LogP contribution in [0.3, 0.4) is 0 Å². The van der Waals surface area contributed by atoms with Gasteiger partial charge in [-0.3, -0.25) is 4.79 Å². The predicted molar refractivity (Wildman–Crippen MR) is 102 cm³/mol. The molecule has 0 aliphatic carbocycles. The van der Waals surface area contributed by atoms with E-state index in [-0.39, 0.29) is 30.1 Å². The zero-order valence-corrected chi connectivity index (χ0v) is 15.3. The number of benzene rings is 1. The predicted octanol–water partition coefficient (Wildman–Crippen LogP) is 2.37. The van der Waals surface area contributed by atoms with Gasteiger partial charge in [-0.05, 0) is 37.5 Å². The van der Waals surface area contributed by atoms with Gasteiger partial charge in [0.25, 0.3) is 0 Å². The number of amides is 3. The van der Waals surface area contributed by atoms with Crippen LogP contribution >= 0.6 is 11.8 Å². The molecule has 2 aliphatic heterocycles. The van der Waals surface area contributed by atoms with Crippen molar-refractivity contribution in [2.24, 2.45) is 5.73 Å². The van der Waals surface area contributed by atoms with Crippen molar-refractivity contribution in [2.75, 3.05) is 11.1 Å². The Morgan fingerprint density at radius 2 is 2.08 bits per heavy atom. The fourth-order valence-electron chi connectivity index (χ4n) is 3.37. The number of anilines is 1. The Kier molecular flexibility index (Phi) is 5.86. The van der Waals surface area contributed by atoms with Gasteiger partial charge in [0.2, 0.25) is 5.91 Å². The lowest BCUT2D eigenvalue weighted by Gasteiger charge is -2.16. The molecule has 2 aliphatic rings. The van der Waals surface area contributed by atoms with Crippen LogP contribution < -0.4 is 21.7 Å². The summed E-state index contributed by atoms with van der Waals surface area (Å²) in [5, 5.41) is 9.33. The molecule has 7 heteroatoms. The average Bonchev–Trinajstić information content (AvgIpc) is 3.11. The van der Waals surface area contributed by atoms with Crippen LogP contribution in [-0.2, 0) is 4.79 Å². The van der Waals surface area contributed by atoms with Crippen LogP contribution in [0.25, 0.3) is 0 Å². The first-order chi connectivity index (χ1) is 12.0. The maximum Gasteiger partial charge on any atom is 0.315 e. The molecule has 1 unspecified atom stereocenters. The Morgan fingerprint density at radius 3 is 2.80 bits per heavy atom. The molecule has 2 fully saturated rings. The number of unbranched alkanes of at least 4 members (excludes halogenated alkanes) is 1. The van der Waals surface area contributed by atoms with E-state index < -0.39 is 0 Å². The Labute approximate surface area is 152 Å². The minimum atomic E-state index is -0.0466. The highest BCUT2D eigenvalue weighted by Crippen LogP contribution is 2.33. The maximum absolute atomic E-state index is 12.0. The molecule has 2 heterocycles. The van der Waals surface area contributed by atoms with E-state index in [1.165, 1.54) is 0 Å². The molecular weight excluding hydrogens is 336 g/mol. The van der Waals surface area contributed by atoms with E-state index >= 15 is 0 Å². The Bertz CT molecular complexity index is 620. The molecule has 0 saturated carbocycles. The van der Waals surface area contributed by atoms with Crippen molar-refractivity contribution in [1.29, 1.82) is 0 Å². The third-order valence-electron chi connectivity index (χ3n) is 4.80. The van der Waals surface area contributed by atoms with Crippen molar-refractivity contribution < 1.29 is 9.59 Å². The van der Waals surface area contributed by atoms with Gasteiger partial charge in [0, 0.05) is 29.2 Å². The average molecular weight is 362 g/mol.